The molecule has 1 aromatic carbocycles. The molecule has 2 N–H and O–H groups in total. The van der Waals surface area contributed by atoms with Gasteiger partial charge in [-0.15, -0.1) is 0 Å². The zero-order valence-electron chi connectivity index (χ0n) is 19.5. The van der Waals surface area contributed by atoms with Crippen LogP contribution in [0.4, 0.5) is 11.4 Å². The number of unbranched alkanes of at least 4 members (excludes halogenated alkanes) is 8. The maximum absolute atomic E-state index is 12.7. The lowest BCUT2D eigenvalue weighted by Gasteiger charge is -2.21. The van der Waals surface area contributed by atoms with E-state index >= 15 is 0 Å². The Morgan fingerprint density at radius 1 is 1.00 bits per heavy atom. The van der Waals surface area contributed by atoms with Gasteiger partial charge < -0.3 is 9.84 Å². The van der Waals surface area contributed by atoms with Crippen LogP contribution in [-0.2, 0) is 19.9 Å². The van der Waals surface area contributed by atoms with Crippen LogP contribution in [-0.4, -0.2) is 41.5 Å². The van der Waals surface area contributed by atoms with Crippen LogP contribution >= 0.6 is 0 Å². The number of hydrogen-bond donors (Lipinski definition) is 2. The molecule has 0 aliphatic rings. The number of carbonyl (C=O) groups excluding carboxylic acids is 1. The summed E-state index contributed by atoms with van der Waals surface area (Å²) >= 11 is 0. The van der Waals surface area contributed by atoms with Gasteiger partial charge >= 0.3 is 16.3 Å². The fraction of sp³-hybridized carbons (Fsp3) is 0.636. The molecule has 0 fully saturated rings. The normalized spacial score (nSPS) is 11.2. The third-order valence-corrected chi connectivity index (χ3v) is 5.98. The first-order chi connectivity index (χ1) is 16.1. The predicted octanol–water partition coefficient (Wildman–Crippen LogP) is 4.90. The lowest BCUT2D eigenvalue weighted by atomic mass is 10.1. The fourth-order valence-corrected chi connectivity index (χ4v) is 4.10. The number of nitro groups is 1. The second kappa shape index (κ2) is 15.2. The van der Waals surface area contributed by atoms with Crippen LogP contribution in [0, 0.1) is 10.1 Å². The number of rotatable bonds is 18. The Morgan fingerprint density at radius 2 is 1.59 bits per heavy atom. The van der Waals surface area contributed by atoms with Gasteiger partial charge in [-0.05, 0) is 25.3 Å². The molecule has 12 heteroatoms. The third-order valence-electron chi connectivity index (χ3n) is 5.12. The zero-order valence-corrected chi connectivity index (χ0v) is 20.3. The number of benzene rings is 1. The Balaban J connectivity index is 2.92. The van der Waals surface area contributed by atoms with Crippen molar-refractivity contribution in [3.8, 4) is 5.75 Å². The van der Waals surface area contributed by atoms with Gasteiger partial charge in [0.1, 0.15) is 11.4 Å². The van der Waals surface area contributed by atoms with Crippen molar-refractivity contribution in [3.05, 3.63) is 28.3 Å². The number of non-ortho nitro benzene ring substituents is 1. The number of hydrogen-bond acceptors (Lipinski definition) is 7. The number of carbonyl (C=O) groups is 2. The highest BCUT2D eigenvalue weighted by molar-refractivity contribution is 7.88. The average Bonchev–Trinajstić information content (AvgIpc) is 2.75. The van der Waals surface area contributed by atoms with Gasteiger partial charge in [-0.2, -0.15) is 12.7 Å². The van der Waals surface area contributed by atoms with Crippen LogP contribution in [0.2, 0.25) is 0 Å². The molecule has 0 saturated heterocycles. The Morgan fingerprint density at radius 3 is 2.15 bits per heavy atom. The van der Waals surface area contributed by atoms with Crippen LogP contribution in [0.15, 0.2) is 18.2 Å². The Hall–Kier alpha value is -2.73. The molecule has 0 aliphatic heterocycles. The number of nitrogens with zero attached hydrogens (tertiary/aromatic N) is 2. The number of anilines is 1. The smallest absolute Gasteiger partial charge is 0.366 e. The number of carboxylic acids is 1. The molecule has 0 atom stereocenters. The molecule has 34 heavy (non-hydrogen) atoms. The quantitative estimate of drug-likeness (QED) is 0.123. The molecular formula is C22H34N2O9S. The van der Waals surface area contributed by atoms with Gasteiger partial charge in [0.25, 0.3) is 5.69 Å². The summed E-state index contributed by atoms with van der Waals surface area (Å²) in [5.74, 6) is -2.05. The van der Waals surface area contributed by atoms with Crippen LogP contribution in [0.1, 0.15) is 84.0 Å². The van der Waals surface area contributed by atoms with Crippen molar-refractivity contribution in [1.29, 1.82) is 0 Å². The molecule has 1 rings (SSSR count). The Bertz CT molecular complexity index is 919. The summed E-state index contributed by atoms with van der Waals surface area (Å²) in [4.78, 5) is 33.8. The van der Waals surface area contributed by atoms with Gasteiger partial charge in [0.15, 0.2) is 0 Å². The highest BCUT2D eigenvalue weighted by Gasteiger charge is 2.31. The van der Waals surface area contributed by atoms with Crippen molar-refractivity contribution in [2.24, 2.45) is 0 Å². The maximum atomic E-state index is 12.7. The van der Waals surface area contributed by atoms with E-state index in [-0.39, 0.29) is 29.5 Å². The van der Waals surface area contributed by atoms with Crippen LogP contribution in [0.5, 0.6) is 5.75 Å². The van der Waals surface area contributed by atoms with Crippen LogP contribution in [0.25, 0.3) is 0 Å². The number of aliphatic carboxylic acids is 1. The van der Waals surface area contributed by atoms with E-state index in [4.69, 9.17) is 9.84 Å². The van der Waals surface area contributed by atoms with E-state index in [1.54, 1.807) is 0 Å². The first kappa shape index (κ1) is 29.3. The lowest BCUT2D eigenvalue weighted by Crippen LogP contribution is -2.36. The van der Waals surface area contributed by atoms with E-state index in [0.29, 0.717) is 25.7 Å². The molecule has 11 nitrogen and oxygen atoms in total. The average molecular weight is 503 g/mol. The van der Waals surface area contributed by atoms with Crippen molar-refractivity contribution in [1.82, 2.24) is 0 Å². The van der Waals surface area contributed by atoms with Gasteiger partial charge in [0.05, 0.1) is 11.5 Å². The van der Waals surface area contributed by atoms with Crippen LogP contribution in [0.3, 0.4) is 0 Å². The molecule has 0 aromatic heterocycles. The predicted molar refractivity (Wildman–Crippen MR) is 126 cm³/mol. The minimum atomic E-state index is -5.08. The number of ether oxygens (including phenoxy) is 1. The van der Waals surface area contributed by atoms with E-state index in [2.05, 4.69) is 6.92 Å². The molecule has 0 aliphatic carbocycles. The van der Waals surface area contributed by atoms with Crippen LogP contribution < -0.4 is 9.04 Å². The molecule has 1 amide bonds. The van der Waals surface area contributed by atoms with Crippen molar-refractivity contribution in [2.45, 2.75) is 84.0 Å². The van der Waals surface area contributed by atoms with Gasteiger partial charge in [0, 0.05) is 25.0 Å². The van der Waals surface area contributed by atoms with E-state index in [9.17, 15) is 32.7 Å². The minimum Gasteiger partial charge on any atom is -0.491 e. The van der Waals surface area contributed by atoms with Gasteiger partial charge in [-0.3, -0.25) is 24.3 Å². The fourth-order valence-electron chi connectivity index (χ4n) is 3.36. The van der Waals surface area contributed by atoms with E-state index in [0.717, 1.165) is 50.3 Å². The van der Waals surface area contributed by atoms with E-state index in [1.165, 1.54) is 6.42 Å². The summed E-state index contributed by atoms with van der Waals surface area (Å²) < 4.78 is 39.5. The Kier molecular flexibility index (Phi) is 13.1. The number of amides is 1. The standard InChI is InChI=1S/C22H34N2O9S/c1-2-3-4-5-6-7-8-9-12-21(25)23(34(30,31)32)19-17-18(24(28)29)14-15-20(19)33-16-11-10-13-22(26)27/h14-15,17H,2-13,16H2,1H3,(H,26,27)(H,30,31,32). The molecule has 1 aromatic rings. The largest absolute Gasteiger partial charge is 0.491 e. The summed E-state index contributed by atoms with van der Waals surface area (Å²) in [6.07, 6.45) is 7.96. The minimum absolute atomic E-state index is 0.0103. The van der Waals surface area contributed by atoms with Crippen molar-refractivity contribution >= 4 is 33.6 Å². The second-order valence-corrected chi connectivity index (χ2v) is 9.23. The lowest BCUT2D eigenvalue weighted by molar-refractivity contribution is -0.384. The molecule has 0 heterocycles. The molecule has 0 spiro atoms. The molecule has 0 radical (unpaired) electrons. The van der Waals surface area contributed by atoms with Gasteiger partial charge in [-0.1, -0.05) is 51.9 Å². The van der Waals surface area contributed by atoms with Gasteiger partial charge in [0.2, 0.25) is 5.91 Å². The number of nitro benzene ring substituents is 1. The molecule has 0 saturated carbocycles. The monoisotopic (exact) mass is 502 g/mol. The van der Waals surface area contributed by atoms with Crippen molar-refractivity contribution in [3.63, 3.8) is 0 Å². The van der Waals surface area contributed by atoms with Crippen molar-refractivity contribution < 1.29 is 37.3 Å². The van der Waals surface area contributed by atoms with E-state index in [1.807, 2.05) is 0 Å². The van der Waals surface area contributed by atoms with Gasteiger partial charge in [-0.25, -0.2) is 0 Å². The highest BCUT2D eigenvalue weighted by Crippen LogP contribution is 2.35. The first-order valence-electron chi connectivity index (χ1n) is 11.5. The summed E-state index contributed by atoms with van der Waals surface area (Å²) in [5.41, 5.74) is -0.943. The SMILES string of the molecule is CCCCCCCCCCC(=O)N(c1cc([N+](=O)[O-])ccc1OCCCCC(=O)O)S(=O)(=O)O. The zero-order chi connectivity index (χ0) is 25.6. The molecular weight excluding hydrogens is 468 g/mol. The second-order valence-electron chi connectivity index (χ2n) is 7.97. The topological polar surface area (TPSA) is 164 Å². The third kappa shape index (κ3) is 10.9. The van der Waals surface area contributed by atoms with E-state index < -0.39 is 38.5 Å². The maximum Gasteiger partial charge on any atom is 0.366 e. The summed E-state index contributed by atoms with van der Waals surface area (Å²) in [6.45, 7) is 2.12. The summed E-state index contributed by atoms with van der Waals surface area (Å²) in [5, 5.41) is 19.9. The number of carboxylic acid groups (broad SMARTS) is 1. The molecule has 0 bridgehead atoms. The molecule has 192 valence electrons. The highest BCUT2D eigenvalue weighted by atomic mass is 32.2. The summed E-state index contributed by atoms with van der Waals surface area (Å²) in [7, 11) is -5.08. The first-order valence-corrected chi connectivity index (χ1v) is 12.9. The van der Waals surface area contributed by atoms with Crippen molar-refractivity contribution in [2.75, 3.05) is 10.9 Å². The summed E-state index contributed by atoms with van der Waals surface area (Å²) in [6, 6.07) is 3.08. The molecule has 0 unspecified atom stereocenters. The Labute approximate surface area is 200 Å².